The third-order valence-electron chi connectivity index (χ3n) is 5.10. The van der Waals surface area contributed by atoms with E-state index in [9.17, 15) is 14.7 Å². The summed E-state index contributed by atoms with van der Waals surface area (Å²) in [5.74, 6) is -0.447. The number of carbonyl (C=O) groups excluding carboxylic acids is 2. The molecule has 0 radical (unpaired) electrons. The van der Waals surface area contributed by atoms with Gasteiger partial charge in [0.2, 0.25) is 0 Å². The van der Waals surface area contributed by atoms with Gasteiger partial charge in [0.25, 0.3) is 5.91 Å². The number of nitrogens with one attached hydrogen (secondary N) is 2. The summed E-state index contributed by atoms with van der Waals surface area (Å²) in [4.78, 5) is 28.7. The van der Waals surface area contributed by atoms with E-state index in [4.69, 9.17) is 4.74 Å². The summed E-state index contributed by atoms with van der Waals surface area (Å²) in [6.07, 6.45) is 5.53. The van der Waals surface area contributed by atoms with Gasteiger partial charge in [0.1, 0.15) is 5.75 Å². The van der Waals surface area contributed by atoms with Crippen molar-refractivity contribution in [2.24, 2.45) is 0 Å². The summed E-state index contributed by atoms with van der Waals surface area (Å²) in [5, 5.41) is 17.4. The van der Waals surface area contributed by atoms with Crippen molar-refractivity contribution < 1.29 is 49.0 Å². The van der Waals surface area contributed by atoms with Gasteiger partial charge in [-0.25, -0.2) is 0 Å². The van der Waals surface area contributed by atoms with Gasteiger partial charge >= 0.3 is 29.6 Å². The molecular weight excluding hydrogens is 461 g/mol. The standard InChI is InChI=1S/C25H27N3O4S.Na/c1-32-23-10-12-26-16-22(23)27-15-17-8-9-19(20(14-17)18-6-4-3-5-7-18)24(29)28-21(25(30)31)11-13-33-2;/h3-10,12,14,16,21,27H,11,13,15H2,1-2H3,(H,28,29)(H,30,31);/q;+1/p-1/t21-;/m0./s1. The van der Waals surface area contributed by atoms with Crippen LogP contribution in [0.5, 0.6) is 5.75 Å². The fraction of sp³-hybridized carbons (Fsp3) is 0.240. The van der Waals surface area contributed by atoms with Gasteiger partial charge in [0, 0.05) is 24.4 Å². The quantitative estimate of drug-likeness (QED) is 0.366. The van der Waals surface area contributed by atoms with E-state index in [2.05, 4.69) is 15.6 Å². The molecule has 7 nitrogen and oxygen atoms in total. The van der Waals surface area contributed by atoms with Gasteiger partial charge in [0.15, 0.2) is 0 Å². The van der Waals surface area contributed by atoms with E-state index >= 15 is 0 Å². The molecular formula is C25H26N3NaO4S. The van der Waals surface area contributed by atoms with Crippen molar-refractivity contribution in [2.75, 3.05) is 24.4 Å². The van der Waals surface area contributed by atoms with Crippen molar-refractivity contribution in [1.29, 1.82) is 0 Å². The number of benzene rings is 2. The number of ether oxygens (including phenoxy) is 1. The average molecular weight is 488 g/mol. The van der Waals surface area contributed by atoms with Crippen LogP contribution < -0.4 is 50.0 Å². The molecule has 34 heavy (non-hydrogen) atoms. The number of hydrogen-bond donors (Lipinski definition) is 2. The number of carbonyl (C=O) groups is 2. The van der Waals surface area contributed by atoms with Crippen molar-refractivity contribution in [1.82, 2.24) is 10.3 Å². The Kier molecular flexibility index (Phi) is 11.4. The fourth-order valence-electron chi connectivity index (χ4n) is 3.37. The molecule has 0 aliphatic heterocycles. The van der Waals surface area contributed by atoms with Crippen molar-refractivity contribution in [3.05, 3.63) is 78.1 Å². The van der Waals surface area contributed by atoms with Crippen molar-refractivity contribution in [3.63, 3.8) is 0 Å². The largest absolute Gasteiger partial charge is 1.00 e. The normalized spacial score (nSPS) is 11.1. The van der Waals surface area contributed by atoms with Crippen LogP contribution in [0.1, 0.15) is 22.3 Å². The molecule has 0 saturated heterocycles. The van der Waals surface area contributed by atoms with Crippen LogP contribution in [0.3, 0.4) is 0 Å². The maximum absolute atomic E-state index is 13.0. The van der Waals surface area contributed by atoms with Crippen LogP contribution in [0.2, 0.25) is 0 Å². The number of aliphatic carboxylic acids is 1. The summed E-state index contributed by atoms with van der Waals surface area (Å²) >= 11 is 1.52. The minimum atomic E-state index is -1.29. The first-order chi connectivity index (χ1) is 16.0. The molecule has 0 aliphatic carbocycles. The zero-order valence-corrected chi connectivity index (χ0v) is 22.4. The number of anilines is 1. The number of hydrogen-bond acceptors (Lipinski definition) is 7. The molecule has 1 aromatic heterocycles. The van der Waals surface area contributed by atoms with E-state index in [0.717, 1.165) is 16.8 Å². The first kappa shape index (κ1) is 27.7. The molecule has 0 unspecified atom stereocenters. The van der Waals surface area contributed by atoms with Gasteiger partial charge in [-0.1, -0.05) is 36.4 Å². The number of nitrogens with zero attached hydrogens (tertiary/aromatic N) is 1. The number of carboxylic acid groups (broad SMARTS) is 1. The first-order valence-electron chi connectivity index (χ1n) is 10.4. The van der Waals surface area contributed by atoms with Gasteiger partial charge in [-0.2, -0.15) is 11.8 Å². The first-order valence-corrected chi connectivity index (χ1v) is 11.8. The van der Waals surface area contributed by atoms with Gasteiger partial charge in [-0.05, 0) is 47.3 Å². The molecule has 1 atom stereocenters. The summed E-state index contributed by atoms with van der Waals surface area (Å²) in [5.41, 5.74) is 3.67. The van der Waals surface area contributed by atoms with Crippen LogP contribution in [0.25, 0.3) is 11.1 Å². The molecule has 0 spiro atoms. The molecule has 3 rings (SSSR count). The minimum absolute atomic E-state index is 0. The number of pyridine rings is 1. The SMILES string of the molecule is COc1ccncc1NCc1ccc(C(=O)N[C@@H](CCSC)C(=O)[O-])c(-c2ccccc2)c1.[Na+]. The molecule has 1 heterocycles. The van der Waals surface area contributed by atoms with Crippen LogP contribution in [-0.4, -0.2) is 42.0 Å². The Morgan fingerprint density at radius 1 is 1.15 bits per heavy atom. The van der Waals surface area contributed by atoms with Gasteiger partial charge in [0.05, 0.1) is 31.0 Å². The fourth-order valence-corrected chi connectivity index (χ4v) is 3.84. The minimum Gasteiger partial charge on any atom is -0.548 e. The number of aromatic nitrogens is 1. The van der Waals surface area contributed by atoms with Crippen molar-refractivity contribution in [3.8, 4) is 16.9 Å². The predicted octanol–water partition coefficient (Wildman–Crippen LogP) is -0.0253. The molecule has 0 fully saturated rings. The maximum Gasteiger partial charge on any atom is 1.00 e. The Morgan fingerprint density at radius 3 is 2.59 bits per heavy atom. The monoisotopic (exact) mass is 487 g/mol. The van der Waals surface area contributed by atoms with Crippen LogP contribution in [0.15, 0.2) is 67.0 Å². The maximum atomic E-state index is 13.0. The Bertz CT molecular complexity index is 1100. The second-order valence-electron chi connectivity index (χ2n) is 7.30. The van der Waals surface area contributed by atoms with Crippen molar-refractivity contribution >= 4 is 29.3 Å². The molecule has 2 aromatic carbocycles. The Hall–Kier alpha value is -2.52. The molecule has 0 aliphatic rings. The van der Waals surface area contributed by atoms with Gasteiger partial charge in [-0.3, -0.25) is 9.78 Å². The zero-order chi connectivity index (χ0) is 23.6. The predicted molar refractivity (Wildman–Crippen MR) is 129 cm³/mol. The molecule has 2 N–H and O–H groups in total. The van der Waals surface area contributed by atoms with Crippen LogP contribution >= 0.6 is 11.8 Å². The van der Waals surface area contributed by atoms with E-state index in [1.807, 2.05) is 48.7 Å². The number of methoxy groups -OCH3 is 1. The molecule has 0 saturated carbocycles. The molecule has 172 valence electrons. The summed E-state index contributed by atoms with van der Waals surface area (Å²) in [6.45, 7) is 0.485. The molecule has 1 amide bonds. The Balaban J connectivity index is 0.00000408. The third kappa shape index (κ3) is 7.50. The van der Waals surface area contributed by atoms with E-state index < -0.39 is 17.9 Å². The number of thioether (sulfide) groups is 1. The van der Waals surface area contributed by atoms with Crippen LogP contribution in [0.4, 0.5) is 5.69 Å². The van der Waals surface area contributed by atoms with E-state index in [1.165, 1.54) is 11.8 Å². The van der Waals surface area contributed by atoms with E-state index in [0.29, 0.717) is 35.6 Å². The zero-order valence-electron chi connectivity index (χ0n) is 19.5. The van der Waals surface area contributed by atoms with Crippen molar-refractivity contribution in [2.45, 2.75) is 19.0 Å². The number of amides is 1. The Labute approximate surface area is 226 Å². The second kappa shape index (κ2) is 14.0. The van der Waals surface area contributed by atoms with Gasteiger partial charge in [-0.15, -0.1) is 0 Å². The molecule has 9 heteroatoms. The smallest absolute Gasteiger partial charge is 0.548 e. The third-order valence-corrected chi connectivity index (χ3v) is 5.74. The Morgan fingerprint density at radius 2 is 1.91 bits per heavy atom. The second-order valence-corrected chi connectivity index (χ2v) is 8.29. The number of carboxylic acids is 1. The van der Waals surface area contributed by atoms with Gasteiger partial charge < -0.3 is 25.3 Å². The molecule has 0 bridgehead atoms. The average Bonchev–Trinajstić information content (AvgIpc) is 2.85. The molecule has 3 aromatic rings. The van der Waals surface area contributed by atoms with Crippen LogP contribution in [0, 0.1) is 0 Å². The summed E-state index contributed by atoms with van der Waals surface area (Å²) in [6, 6.07) is 15.7. The number of rotatable bonds is 11. The topological polar surface area (TPSA) is 103 Å². The van der Waals surface area contributed by atoms with E-state index in [1.54, 1.807) is 31.6 Å². The van der Waals surface area contributed by atoms with E-state index in [-0.39, 0.29) is 29.6 Å². The summed E-state index contributed by atoms with van der Waals surface area (Å²) in [7, 11) is 1.60. The van der Waals surface area contributed by atoms with Crippen LogP contribution in [-0.2, 0) is 11.3 Å². The summed E-state index contributed by atoms with van der Waals surface area (Å²) < 4.78 is 5.35.